The maximum atomic E-state index is 14.5. The molecule has 162 valence electrons. The van der Waals surface area contributed by atoms with E-state index in [-0.39, 0.29) is 31.0 Å². The monoisotopic (exact) mass is 460 g/mol. The highest BCUT2D eigenvalue weighted by Gasteiger charge is 2.30. The average molecular weight is 461 g/mol. The van der Waals surface area contributed by atoms with E-state index in [1.165, 1.54) is 13.2 Å². The number of carbonyl (C=O) groups is 1. The van der Waals surface area contributed by atoms with E-state index in [1.54, 1.807) is 28.9 Å². The lowest BCUT2D eigenvalue weighted by molar-refractivity contribution is -0.142. The quantitative estimate of drug-likeness (QED) is 0.355. The zero-order valence-corrected chi connectivity index (χ0v) is 18.6. The van der Waals surface area contributed by atoms with Crippen molar-refractivity contribution in [3.63, 3.8) is 0 Å². The van der Waals surface area contributed by atoms with Crippen molar-refractivity contribution in [2.24, 2.45) is 0 Å². The minimum absolute atomic E-state index is 0.0365. The van der Waals surface area contributed by atoms with Crippen LogP contribution in [0.2, 0.25) is 5.02 Å². The van der Waals surface area contributed by atoms with Gasteiger partial charge >= 0.3 is 5.97 Å². The lowest BCUT2D eigenvalue weighted by atomic mass is 10.2. The van der Waals surface area contributed by atoms with Gasteiger partial charge in [-0.15, -0.1) is 0 Å². The minimum atomic E-state index is -0.380. The zero-order chi connectivity index (χ0) is 22.0. The Hall–Kier alpha value is -2.55. The fourth-order valence-electron chi connectivity index (χ4n) is 3.46. The van der Waals surface area contributed by atoms with Crippen molar-refractivity contribution >= 4 is 29.8 Å². The highest BCUT2D eigenvalue weighted by atomic mass is 35.5. The molecule has 1 heterocycles. The number of benzene rings is 2. The van der Waals surface area contributed by atoms with Crippen LogP contribution in [0.25, 0.3) is 11.4 Å². The topological polar surface area (TPSA) is 52.3 Å². The highest BCUT2D eigenvalue weighted by molar-refractivity contribution is 7.71. The van der Waals surface area contributed by atoms with Crippen molar-refractivity contribution in [2.45, 2.75) is 32.1 Å². The van der Waals surface area contributed by atoms with Gasteiger partial charge in [0.15, 0.2) is 10.6 Å². The van der Waals surface area contributed by atoms with Crippen LogP contribution in [0.5, 0.6) is 0 Å². The molecule has 2 aromatic carbocycles. The van der Waals surface area contributed by atoms with Crippen molar-refractivity contribution in [3.05, 3.63) is 69.7 Å². The van der Waals surface area contributed by atoms with E-state index in [1.807, 2.05) is 27.7 Å². The second-order valence-corrected chi connectivity index (χ2v) is 8.26. The SMILES string of the molecule is COC(=O)CN(Cc1ccccc1Cl)Cn1nc(-c2ccccc2F)n(C2CC2)c1=S. The Morgan fingerprint density at radius 2 is 1.97 bits per heavy atom. The predicted octanol–water partition coefficient (Wildman–Crippen LogP) is 4.84. The Morgan fingerprint density at radius 1 is 1.26 bits per heavy atom. The zero-order valence-electron chi connectivity index (χ0n) is 17.0. The van der Waals surface area contributed by atoms with E-state index < -0.39 is 0 Å². The van der Waals surface area contributed by atoms with Crippen LogP contribution in [0.1, 0.15) is 24.4 Å². The first kappa shape index (κ1) is 21.7. The number of nitrogens with zero attached hydrogens (tertiary/aromatic N) is 4. The van der Waals surface area contributed by atoms with E-state index in [0.717, 1.165) is 18.4 Å². The maximum Gasteiger partial charge on any atom is 0.319 e. The molecule has 4 rings (SSSR count). The Bertz CT molecular complexity index is 1160. The largest absolute Gasteiger partial charge is 0.468 e. The van der Waals surface area contributed by atoms with Crippen molar-refractivity contribution < 1.29 is 13.9 Å². The number of halogens is 2. The molecule has 1 fully saturated rings. The molecule has 0 amide bonds. The van der Waals surface area contributed by atoms with Gasteiger partial charge in [-0.25, -0.2) is 9.07 Å². The van der Waals surface area contributed by atoms with Crippen LogP contribution < -0.4 is 0 Å². The van der Waals surface area contributed by atoms with Gasteiger partial charge in [0.2, 0.25) is 0 Å². The first-order chi connectivity index (χ1) is 15.0. The first-order valence-electron chi connectivity index (χ1n) is 9.94. The summed E-state index contributed by atoms with van der Waals surface area (Å²) in [5.74, 6) is -0.227. The van der Waals surface area contributed by atoms with E-state index in [0.29, 0.717) is 27.7 Å². The van der Waals surface area contributed by atoms with Gasteiger partial charge in [0.05, 0.1) is 25.9 Å². The second-order valence-electron chi connectivity index (χ2n) is 7.48. The standard InChI is InChI=1S/C22H22ClFN4O2S/c1-30-20(29)13-26(12-15-6-2-4-8-18(15)23)14-27-22(31)28(16-10-11-16)21(25-27)17-7-3-5-9-19(17)24/h2-9,16H,10-14H2,1H3. The highest BCUT2D eigenvalue weighted by Crippen LogP contribution is 2.39. The molecule has 0 radical (unpaired) electrons. The molecule has 0 bridgehead atoms. The molecule has 0 saturated heterocycles. The number of methoxy groups -OCH3 is 1. The van der Waals surface area contributed by atoms with E-state index in [2.05, 4.69) is 5.10 Å². The van der Waals surface area contributed by atoms with Gasteiger partial charge < -0.3 is 4.74 Å². The van der Waals surface area contributed by atoms with E-state index >= 15 is 0 Å². The van der Waals surface area contributed by atoms with E-state index in [4.69, 9.17) is 28.6 Å². The molecular formula is C22H22ClFN4O2S. The normalized spacial score (nSPS) is 13.5. The van der Waals surface area contributed by atoms with Crippen molar-refractivity contribution in [2.75, 3.05) is 13.7 Å². The van der Waals surface area contributed by atoms with Gasteiger partial charge in [0.25, 0.3) is 0 Å². The van der Waals surface area contributed by atoms with Crippen molar-refractivity contribution in [1.29, 1.82) is 0 Å². The molecule has 0 atom stereocenters. The molecular weight excluding hydrogens is 439 g/mol. The van der Waals surface area contributed by atoms with Gasteiger partial charge in [-0.1, -0.05) is 41.9 Å². The Morgan fingerprint density at radius 3 is 2.65 bits per heavy atom. The van der Waals surface area contributed by atoms with Crippen LogP contribution in [0.3, 0.4) is 0 Å². The molecule has 0 aliphatic heterocycles. The second kappa shape index (κ2) is 9.30. The van der Waals surface area contributed by atoms with Gasteiger partial charge in [-0.2, -0.15) is 5.10 Å². The number of esters is 1. The van der Waals surface area contributed by atoms with Gasteiger partial charge in [-0.3, -0.25) is 14.3 Å². The molecule has 0 spiro atoms. The van der Waals surface area contributed by atoms with Crippen LogP contribution in [0.15, 0.2) is 48.5 Å². The Balaban J connectivity index is 1.69. The van der Waals surface area contributed by atoms with Crippen molar-refractivity contribution in [3.8, 4) is 11.4 Å². The smallest absolute Gasteiger partial charge is 0.319 e. The summed E-state index contributed by atoms with van der Waals surface area (Å²) in [5, 5.41) is 5.26. The molecule has 1 aliphatic carbocycles. The first-order valence-corrected chi connectivity index (χ1v) is 10.7. The summed E-state index contributed by atoms with van der Waals surface area (Å²) in [7, 11) is 1.35. The maximum absolute atomic E-state index is 14.5. The Kier molecular flexibility index (Phi) is 6.50. The van der Waals surface area contributed by atoms with Crippen LogP contribution in [0.4, 0.5) is 4.39 Å². The Labute approximate surface area is 189 Å². The molecule has 6 nitrogen and oxygen atoms in total. The number of ether oxygens (including phenoxy) is 1. The van der Waals surface area contributed by atoms with Gasteiger partial charge in [0.1, 0.15) is 5.82 Å². The average Bonchev–Trinajstić information content (AvgIpc) is 3.54. The molecule has 3 aromatic rings. The third-order valence-electron chi connectivity index (χ3n) is 5.16. The van der Waals surface area contributed by atoms with Crippen LogP contribution in [0, 0.1) is 10.6 Å². The fraction of sp³-hybridized carbons (Fsp3) is 0.318. The third kappa shape index (κ3) is 4.87. The summed E-state index contributed by atoms with van der Waals surface area (Å²) in [6, 6.07) is 14.2. The molecule has 9 heteroatoms. The summed E-state index contributed by atoms with van der Waals surface area (Å²) in [6.07, 6.45) is 1.96. The number of carbonyl (C=O) groups excluding carboxylic acids is 1. The molecule has 1 saturated carbocycles. The summed E-state index contributed by atoms with van der Waals surface area (Å²) >= 11 is 12.0. The van der Waals surface area contributed by atoms with Gasteiger partial charge in [0, 0.05) is 17.6 Å². The summed E-state index contributed by atoms with van der Waals surface area (Å²) in [4.78, 5) is 13.9. The number of aromatic nitrogens is 3. The molecule has 1 aliphatic rings. The summed E-state index contributed by atoms with van der Waals surface area (Å²) in [6.45, 7) is 0.678. The molecule has 0 N–H and O–H groups in total. The third-order valence-corrected chi connectivity index (χ3v) is 5.94. The lowest BCUT2D eigenvalue weighted by Gasteiger charge is -2.21. The summed E-state index contributed by atoms with van der Waals surface area (Å²) < 4.78 is 23.4. The number of hydrogen-bond donors (Lipinski definition) is 0. The lowest BCUT2D eigenvalue weighted by Crippen LogP contribution is -2.32. The molecule has 0 unspecified atom stereocenters. The van der Waals surface area contributed by atoms with E-state index in [9.17, 15) is 9.18 Å². The predicted molar refractivity (Wildman–Crippen MR) is 119 cm³/mol. The number of hydrogen-bond acceptors (Lipinski definition) is 5. The van der Waals surface area contributed by atoms with Gasteiger partial charge in [-0.05, 0) is 48.8 Å². The minimum Gasteiger partial charge on any atom is -0.468 e. The number of rotatable bonds is 8. The van der Waals surface area contributed by atoms with Crippen molar-refractivity contribution in [1.82, 2.24) is 19.2 Å². The molecule has 1 aromatic heterocycles. The summed E-state index contributed by atoms with van der Waals surface area (Å²) in [5.41, 5.74) is 1.28. The fourth-order valence-corrected chi connectivity index (χ4v) is 3.99. The van der Waals surface area contributed by atoms with Crippen LogP contribution >= 0.6 is 23.8 Å². The van der Waals surface area contributed by atoms with Crippen LogP contribution in [-0.4, -0.2) is 38.9 Å². The molecule has 31 heavy (non-hydrogen) atoms. The van der Waals surface area contributed by atoms with Crippen LogP contribution in [-0.2, 0) is 22.7 Å².